The normalized spacial score (nSPS) is 24.0. The summed E-state index contributed by atoms with van der Waals surface area (Å²) in [6, 6.07) is 5.66. The minimum absolute atomic E-state index is 0.222. The zero-order chi connectivity index (χ0) is 13.4. The summed E-state index contributed by atoms with van der Waals surface area (Å²) in [7, 11) is 3.22. The third-order valence-electron chi connectivity index (χ3n) is 4.13. The fraction of sp³-hybridized carbons (Fsp3) is 0.533. The highest BCUT2D eigenvalue weighted by Gasteiger charge is 2.46. The summed E-state index contributed by atoms with van der Waals surface area (Å²) < 4.78 is 10.5. The Kier molecular flexibility index (Phi) is 3.09. The maximum absolute atomic E-state index is 12.2. The first-order valence-electron chi connectivity index (χ1n) is 6.70. The average Bonchev–Trinajstić information content (AvgIpc) is 3.04. The summed E-state index contributed by atoms with van der Waals surface area (Å²) in [5.41, 5.74) is 0.975. The number of hydrogen-bond acceptors (Lipinski definition) is 3. The third-order valence-corrected chi connectivity index (χ3v) is 4.13. The standard InChI is InChI=1S/C15H19NO3/c1-18-13-4-3-10(5-14(13)19-2)6-15(17)16-8-11-7-12(11)9-16/h3-5,11-12H,6-9H2,1-2H3. The Morgan fingerprint density at radius 3 is 2.53 bits per heavy atom. The highest BCUT2D eigenvalue weighted by atomic mass is 16.5. The monoisotopic (exact) mass is 261 g/mol. The second-order valence-corrected chi connectivity index (χ2v) is 5.42. The van der Waals surface area contributed by atoms with Crippen LogP contribution in [0.15, 0.2) is 18.2 Å². The lowest BCUT2D eigenvalue weighted by molar-refractivity contribution is -0.129. The first-order valence-corrected chi connectivity index (χ1v) is 6.70. The van der Waals surface area contributed by atoms with Gasteiger partial charge in [0.15, 0.2) is 11.5 Å². The van der Waals surface area contributed by atoms with Crippen LogP contribution < -0.4 is 9.47 Å². The number of nitrogens with zero attached hydrogens (tertiary/aromatic N) is 1. The van der Waals surface area contributed by atoms with E-state index in [4.69, 9.17) is 9.47 Å². The topological polar surface area (TPSA) is 38.8 Å². The predicted molar refractivity (Wildman–Crippen MR) is 71.4 cm³/mol. The van der Waals surface area contributed by atoms with E-state index in [9.17, 15) is 4.79 Å². The number of methoxy groups -OCH3 is 2. The first kappa shape index (κ1) is 12.3. The van der Waals surface area contributed by atoms with Gasteiger partial charge in [0.2, 0.25) is 5.91 Å². The number of rotatable bonds is 4. The van der Waals surface area contributed by atoms with Crippen LogP contribution in [0.2, 0.25) is 0 Å². The smallest absolute Gasteiger partial charge is 0.227 e. The lowest BCUT2D eigenvalue weighted by atomic mass is 10.1. The maximum atomic E-state index is 12.2. The van der Waals surface area contributed by atoms with Crippen LogP contribution in [0.3, 0.4) is 0 Å². The molecule has 0 N–H and O–H groups in total. The number of amides is 1. The molecule has 4 heteroatoms. The molecule has 1 amide bonds. The van der Waals surface area contributed by atoms with E-state index >= 15 is 0 Å². The van der Waals surface area contributed by atoms with E-state index in [2.05, 4.69) is 0 Å². The Bertz CT molecular complexity index is 490. The van der Waals surface area contributed by atoms with Gasteiger partial charge in [-0.3, -0.25) is 4.79 Å². The Balaban J connectivity index is 1.67. The minimum Gasteiger partial charge on any atom is -0.493 e. The van der Waals surface area contributed by atoms with Gasteiger partial charge in [-0.05, 0) is 36.0 Å². The lowest BCUT2D eigenvalue weighted by Crippen LogP contribution is -2.31. The Morgan fingerprint density at radius 2 is 1.89 bits per heavy atom. The van der Waals surface area contributed by atoms with Crippen molar-refractivity contribution in [1.29, 1.82) is 0 Å². The quantitative estimate of drug-likeness (QED) is 0.828. The van der Waals surface area contributed by atoms with Crippen LogP contribution in [0.1, 0.15) is 12.0 Å². The molecule has 0 spiro atoms. The Hall–Kier alpha value is -1.71. The van der Waals surface area contributed by atoms with E-state index in [1.165, 1.54) is 6.42 Å². The highest BCUT2D eigenvalue weighted by molar-refractivity contribution is 5.79. The summed E-state index contributed by atoms with van der Waals surface area (Å²) in [6.07, 6.45) is 1.76. The van der Waals surface area contributed by atoms with Gasteiger partial charge in [0.25, 0.3) is 0 Å². The molecule has 1 saturated heterocycles. The molecule has 1 aromatic rings. The number of carbonyl (C=O) groups is 1. The summed E-state index contributed by atoms with van der Waals surface area (Å²) in [5.74, 6) is 3.17. The van der Waals surface area contributed by atoms with Crippen LogP contribution in [-0.2, 0) is 11.2 Å². The molecule has 19 heavy (non-hydrogen) atoms. The van der Waals surface area contributed by atoms with Gasteiger partial charge in [-0.15, -0.1) is 0 Å². The second kappa shape index (κ2) is 4.76. The SMILES string of the molecule is COc1ccc(CC(=O)N2CC3CC3C2)cc1OC. The molecule has 2 aliphatic rings. The molecule has 1 heterocycles. The number of fused-ring (bicyclic) bond motifs is 1. The molecule has 0 bridgehead atoms. The molecule has 0 radical (unpaired) electrons. The zero-order valence-corrected chi connectivity index (χ0v) is 11.4. The molecule has 4 nitrogen and oxygen atoms in total. The summed E-state index contributed by atoms with van der Waals surface area (Å²) in [5, 5.41) is 0. The highest BCUT2D eigenvalue weighted by Crippen LogP contribution is 2.45. The van der Waals surface area contributed by atoms with E-state index < -0.39 is 0 Å². The molecular formula is C15H19NO3. The molecule has 1 aliphatic heterocycles. The van der Waals surface area contributed by atoms with Crippen molar-refractivity contribution >= 4 is 5.91 Å². The van der Waals surface area contributed by atoms with E-state index in [-0.39, 0.29) is 5.91 Å². The Morgan fingerprint density at radius 1 is 1.21 bits per heavy atom. The average molecular weight is 261 g/mol. The van der Waals surface area contributed by atoms with E-state index in [1.54, 1.807) is 14.2 Å². The van der Waals surface area contributed by atoms with Crippen LogP contribution in [-0.4, -0.2) is 38.1 Å². The van der Waals surface area contributed by atoms with Crippen LogP contribution in [0.4, 0.5) is 0 Å². The van der Waals surface area contributed by atoms with Gasteiger partial charge in [-0.25, -0.2) is 0 Å². The molecule has 2 atom stereocenters. The van der Waals surface area contributed by atoms with Gasteiger partial charge in [0.1, 0.15) is 0 Å². The van der Waals surface area contributed by atoms with Crippen molar-refractivity contribution in [2.24, 2.45) is 11.8 Å². The summed E-state index contributed by atoms with van der Waals surface area (Å²) >= 11 is 0. The maximum Gasteiger partial charge on any atom is 0.227 e. The molecule has 1 aromatic carbocycles. The van der Waals surface area contributed by atoms with Crippen LogP contribution in [0, 0.1) is 11.8 Å². The molecule has 2 fully saturated rings. The second-order valence-electron chi connectivity index (χ2n) is 5.42. The Labute approximate surface area is 113 Å². The van der Waals surface area contributed by atoms with Crippen LogP contribution >= 0.6 is 0 Å². The van der Waals surface area contributed by atoms with Crippen molar-refractivity contribution < 1.29 is 14.3 Å². The van der Waals surface area contributed by atoms with Gasteiger partial charge in [-0.1, -0.05) is 6.07 Å². The lowest BCUT2D eigenvalue weighted by Gasteiger charge is -2.18. The number of hydrogen-bond donors (Lipinski definition) is 0. The van der Waals surface area contributed by atoms with Crippen LogP contribution in [0.25, 0.3) is 0 Å². The van der Waals surface area contributed by atoms with Gasteiger partial charge in [0.05, 0.1) is 20.6 Å². The third kappa shape index (κ3) is 2.39. The van der Waals surface area contributed by atoms with Crippen molar-refractivity contribution in [3.8, 4) is 11.5 Å². The number of likely N-dealkylation sites (tertiary alicyclic amines) is 1. The van der Waals surface area contributed by atoms with Crippen molar-refractivity contribution in [3.63, 3.8) is 0 Å². The fourth-order valence-electron chi connectivity index (χ4n) is 2.88. The van der Waals surface area contributed by atoms with Crippen molar-refractivity contribution in [2.75, 3.05) is 27.3 Å². The zero-order valence-electron chi connectivity index (χ0n) is 11.4. The van der Waals surface area contributed by atoms with Crippen molar-refractivity contribution in [1.82, 2.24) is 4.90 Å². The van der Waals surface area contributed by atoms with E-state index in [0.29, 0.717) is 17.9 Å². The molecule has 1 saturated carbocycles. The number of ether oxygens (including phenoxy) is 2. The fourth-order valence-corrected chi connectivity index (χ4v) is 2.88. The van der Waals surface area contributed by atoms with Crippen molar-refractivity contribution in [3.05, 3.63) is 23.8 Å². The minimum atomic E-state index is 0.222. The summed E-state index contributed by atoms with van der Waals surface area (Å²) in [6.45, 7) is 1.91. The molecule has 1 aliphatic carbocycles. The first-order chi connectivity index (χ1) is 9.21. The van der Waals surface area contributed by atoms with Gasteiger partial charge >= 0.3 is 0 Å². The van der Waals surface area contributed by atoms with Gasteiger partial charge in [0, 0.05) is 13.1 Å². The molecule has 3 rings (SSSR count). The van der Waals surface area contributed by atoms with Crippen LogP contribution in [0.5, 0.6) is 11.5 Å². The molecule has 102 valence electrons. The van der Waals surface area contributed by atoms with Crippen molar-refractivity contribution in [2.45, 2.75) is 12.8 Å². The molecular weight excluding hydrogens is 242 g/mol. The molecule has 2 unspecified atom stereocenters. The summed E-state index contributed by atoms with van der Waals surface area (Å²) in [4.78, 5) is 14.2. The number of piperidine rings is 1. The van der Waals surface area contributed by atoms with E-state index in [0.717, 1.165) is 30.5 Å². The van der Waals surface area contributed by atoms with Gasteiger partial charge < -0.3 is 14.4 Å². The molecule has 0 aromatic heterocycles. The number of benzene rings is 1. The van der Waals surface area contributed by atoms with Gasteiger partial charge in [-0.2, -0.15) is 0 Å². The predicted octanol–water partition coefficient (Wildman–Crippen LogP) is 1.72. The number of carbonyl (C=O) groups excluding carboxylic acids is 1. The largest absolute Gasteiger partial charge is 0.493 e. The van der Waals surface area contributed by atoms with E-state index in [1.807, 2.05) is 23.1 Å².